The molecule has 0 aromatic heterocycles. The molecule has 0 saturated carbocycles. The Kier molecular flexibility index (Phi) is 17.6. The minimum atomic E-state index is -1.20. The van der Waals surface area contributed by atoms with Crippen molar-refractivity contribution in [3.63, 3.8) is 0 Å². The van der Waals surface area contributed by atoms with Crippen LogP contribution in [0.4, 0.5) is 0 Å². The van der Waals surface area contributed by atoms with E-state index in [0.717, 1.165) is 0 Å². The Bertz CT molecular complexity index is 1620. The van der Waals surface area contributed by atoms with Crippen LogP contribution in [-0.2, 0) is 16.5 Å². The normalized spacial score (nSPS) is 10.4. The van der Waals surface area contributed by atoms with Crippen molar-refractivity contribution in [2.45, 2.75) is 39.3 Å². The zero-order chi connectivity index (χ0) is 35.7. The second-order valence-corrected chi connectivity index (χ2v) is 27.6. The van der Waals surface area contributed by atoms with Crippen LogP contribution in [0.15, 0.2) is 182 Å². The van der Waals surface area contributed by atoms with Gasteiger partial charge in [-0.2, -0.15) is 0 Å². The Morgan fingerprint density at radius 1 is 0.294 bits per heavy atom. The van der Waals surface area contributed by atoms with Gasteiger partial charge in [-0.3, -0.25) is 0 Å². The average Bonchev–Trinajstić information content (AvgIpc) is 3.13. The number of rotatable bonds is 6. The largest absolute Gasteiger partial charge is 0.130 e. The molecular formula is C46H48NiP2Si2. The Morgan fingerprint density at radius 3 is 0.588 bits per heavy atom. The maximum absolute atomic E-state index is 3.23. The van der Waals surface area contributed by atoms with Gasteiger partial charge < -0.3 is 0 Å². The van der Waals surface area contributed by atoms with Crippen LogP contribution in [0.2, 0.25) is 39.3 Å². The third-order valence-corrected chi connectivity index (χ3v) is 13.7. The summed E-state index contributed by atoms with van der Waals surface area (Å²) in [5, 5.41) is 8.39. The standard InChI is InChI=1S/2C18H15P.C10H18Si2.Ni/c2*1-4-10-16(11-5-1)19(17-12-6-2-7-13-17)18-14-8-3-9-15-18;1-11(2,3)9-7-8-10-12(4,5)6;/h2*1-15H;1-6H3;. The van der Waals surface area contributed by atoms with Crippen LogP contribution in [0.25, 0.3) is 0 Å². The summed E-state index contributed by atoms with van der Waals surface area (Å²) >= 11 is 0. The summed E-state index contributed by atoms with van der Waals surface area (Å²) in [6.07, 6.45) is 0. The van der Waals surface area contributed by atoms with E-state index in [0.29, 0.717) is 0 Å². The van der Waals surface area contributed by atoms with E-state index in [4.69, 9.17) is 0 Å². The third-order valence-electron chi connectivity index (χ3n) is 7.02. The molecule has 0 aliphatic heterocycles. The summed E-state index contributed by atoms with van der Waals surface area (Å²) in [4.78, 5) is 0. The fourth-order valence-electron chi connectivity index (χ4n) is 4.79. The molecule has 0 atom stereocenters. The molecule has 0 radical (unpaired) electrons. The van der Waals surface area contributed by atoms with Crippen molar-refractivity contribution in [1.29, 1.82) is 0 Å². The van der Waals surface area contributed by atoms with Crippen molar-refractivity contribution >= 4 is 63.8 Å². The minimum absolute atomic E-state index is 0. The molecule has 0 bridgehead atoms. The van der Waals surface area contributed by atoms with Gasteiger partial charge in [0.1, 0.15) is 16.1 Å². The van der Waals surface area contributed by atoms with Crippen molar-refractivity contribution in [1.82, 2.24) is 0 Å². The van der Waals surface area contributed by atoms with Gasteiger partial charge in [0.2, 0.25) is 0 Å². The minimum Gasteiger partial charge on any atom is -0.118 e. The Labute approximate surface area is 322 Å². The summed E-state index contributed by atoms with van der Waals surface area (Å²) in [7, 11) is -3.30. The molecule has 260 valence electrons. The molecule has 0 saturated heterocycles. The van der Waals surface area contributed by atoms with Gasteiger partial charge >= 0.3 is 0 Å². The SMILES string of the molecule is C[Si](C)(C)C#CC#C[Si](C)(C)C.[Ni].c1ccc(P(c2ccccc2)c2ccccc2)cc1.c1ccc(P(c2ccccc2)c2ccccc2)cc1. The molecule has 0 aliphatic rings. The maximum Gasteiger partial charge on any atom is 0.130 e. The predicted molar refractivity (Wildman–Crippen MR) is 233 cm³/mol. The first-order valence-electron chi connectivity index (χ1n) is 17.1. The van der Waals surface area contributed by atoms with Crippen LogP contribution in [0, 0.1) is 22.9 Å². The van der Waals surface area contributed by atoms with Gasteiger partial charge in [-0.15, -0.1) is 11.1 Å². The van der Waals surface area contributed by atoms with E-state index in [2.05, 4.69) is 244 Å². The van der Waals surface area contributed by atoms with Crippen molar-refractivity contribution in [2.24, 2.45) is 0 Å². The van der Waals surface area contributed by atoms with Crippen LogP contribution < -0.4 is 31.8 Å². The van der Waals surface area contributed by atoms with Crippen molar-refractivity contribution in [3.05, 3.63) is 182 Å². The first kappa shape index (κ1) is 41.6. The number of hydrogen-bond acceptors (Lipinski definition) is 0. The molecule has 51 heavy (non-hydrogen) atoms. The average molecular weight is 778 g/mol. The number of hydrogen-bond donors (Lipinski definition) is 0. The summed E-state index contributed by atoms with van der Waals surface area (Å²) in [6.45, 7) is 13.4. The Balaban J connectivity index is 0.000000211. The van der Waals surface area contributed by atoms with Gasteiger partial charge in [0.25, 0.3) is 0 Å². The van der Waals surface area contributed by atoms with Crippen molar-refractivity contribution in [3.8, 4) is 22.9 Å². The summed E-state index contributed by atoms with van der Waals surface area (Å²) in [6, 6.07) is 64.7. The van der Waals surface area contributed by atoms with Gasteiger partial charge in [-0.25, -0.2) is 0 Å². The van der Waals surface area contributed by atoms with E-state index < -0.39 is 32.0 Å². The van der Waals surface area contributed by atoms with E-state index in [1.54, 1.807) is 0 Å². The molecule has 5 heteroatoms. The van der Waals surface area contributed by atoms with Gasteiger partial charge in [0.15, 0.2) is 0 Å². The summed E-state index contributed by atoms with van der Waals surface area (Å²) < 4.78 is 0. The van der Waals surface area contributed by atoms with Crippen LogP contribution in [-0.4, -0.2) is 16.1 Å². The first-order valence-corrected chi connectivity index (χ1v) is 26.7. The van der Waals surface area contributed by atoms with Crippen LogP contribution >= 0.6 is 15.8 Å². The van der Waals surface area contributed by atoms with Gasteiger partial charge in [0.05, 0.1) is 0 Å². The molecular weight excluding hydrogens is 729 g/mol. The van der Waals surface area contributed by atoms with Gasteiger partial charge in [0, 0.05) is 16.5 Å². The smallest absolute Gasteiger partial charge is 0.118 e. The third kappa shape index (κ3) is 15.2. The Hall–Kier alpha value is -3.77. The van der Waals surface area contributed by atoms with E-state index in [-0.39, 0.29) is 16.5 Å². The molecule has 6 aromatic carbocycles. The van der Waals surface area contributed by atoms with Crippen molar-refractivity contribution in [2.75, 3.05) is 0 Å². The van der Waals surface area contributed by atoms with Crippen LogP contribution in [0.3, 0.4) is 0 Å². The molecule has 6 rings (SSSR count). The van der Waals surface area contributed by atoms with Gasteiger partial charge in [-0.1, -0.05) is 221 Å². The van der Waals surface area contributed by atoms with E-state index in [1.807, 2.05) is 0 Å². The van der Waals surface area contributed by atoms with Crippen LogP contribution in [0.1, 0.15) is 0 Å². The van der Waals surface area contributed by atoms with Gasteiger partial charge in [-0.05, 0) is 59.5 Å². The predicted octanol–water partition coefficient (Wildman–Crippen LogP) is 9.64. The van der Waals surface area contributed by atoms with Crippen molar-refractivity contribution < 1.29 is 16.5 Å². The fourth-order valence-corrected chi connectivity index (χ4v) is 10.3. The topological polar surface area (TPSA) is 0 Å². The van der Waals surface area contributed by atoms with Crippen LogP contribution in [0.5, 0.6) is 0 Å². The number of benzene rings is 6. The zero-order valence-electron chi connectivity index (χ0n) is 30.5. The zero-order valence-corrected chi connectivity index (χ0v) is 35.3. The molecule has 0 unspecified atom stereocenters. The Morgan fingerprint density at radius 2 is 0.451 bits per heavy atom. The molecule has 0 heterocycles. The second kappa shape index (κ2) is 21.6. The molecule has 0 nitrogen and oxygen atoms in total. The summed E-state index contributed by atoms with van der Waals surface area (Å²) in [5.74, 6) is 5.93. The molecule has 0 fully saturated rings. The molecule has 0 spiro atoms. The fraction of sp³-hybridized carbons (Fsp3) is 0.130. The monoisotopic (exact) mass is 776 g/mol. The molecule has 0 amide bonds. The molecule has 0 N–H and O–H groups in total. The maximum atomic E-state index is 3.23. The van der Waals surface area contributed by atoms with E-state index >= 15 is 0 Å². The second-order valence-electron chi connectivity index (χ2n) is 13.7. The molecule has 6 aromatic rings. The molecule has 0 aliphatic carbocycles. The first-order chi connectivity index (χ1) is 24.1. The summed E-state index contributed by atoms with van der Waals surface area (Å²) in [5.41, 5.74) is 6.46. The quantitative estimate of drug-likeness (QED) is 0.0899. The van der Waals surface area contributed by atoms with E-state index in [9.17, 15) is 0 Å². The van der Waals surface area contributed by atoms with E-state index in [1.165, 1.54) is 31.8 Å².